The van der Waals surface area contributed by atoms with E-state index in [0.717, 1.165) is 16.7 Å². The van der Waals surface area contributed by atoms with Crippen molar-refractivity contribution in [2.24, 2.45) is 0 Å². The second-order valence-corrected chi connectivity index (χ2v) is 3.19. The third kappa shape index (κ3) is 0.828. The number of hydrogen-bond acceptors (Lipinski definition) is 1. The first-order chi connectivity index (χ1) is 5.70. The molecular weight excluding hydrogens is 148 g/mol. The molecule has 1 aliphatic carbocycles. The van der Waals surface area contributed by atoms with Gasteiger partial charge in [0.15, 0.2) is 5.78 Å². The van der Waals surface area contributed by atoms with Gasteiger partial charge in [-0.2, -0.15) is 0 Å². The summed E-state index contributed by atoms with van der Waals surface area (Å²) >= 11 is 0. The van der Waals surface area contributed by atoms with Crippen molar-refractivity contribution in [1.82, 2.24) is 0 Å². The molecule has 0 saturated heterocycles. The molecule has 0 saturated carbocycles. The molecule has 1 heteroatoms. The molecule has 0 aliphatic heterocycles. The van der Waals surface area contributed by atoms with Crippen molar-refractivity contribution < 1.29 is 4.79 Å². The summed E-state index contributed by atoms with van der Waals surface area (Å²) in [5, 5.41) is 0. The average Bonchev–Trinajstić information content (AvgIpc) is 2.32. The summed E-state index contributed by atoms with van der Waals surface area (Å²) in [6.45, 7) is 3.89. The molecule has 0 bridgehead atoms. The van der Waals surface area contributed by atoms with Gasteiger partial charge in [-0.05, 0) is 36.6 Å². The minimum absolute atomic E-state index is 0.175. The molecule has 0 aromatic heterocycles. The number of ketones is 1. The minimum Gasteiger partial charge on any atom is -0.289 e. The zero-order chi connectivity index (χ0) is 8.72. The largest absolute Gasteiger partial charge is 0.289 e. The van der Waals surface area contributed by atoms with Gasteiger partial charge in [0, 0.05) is 5.56 Å². The number of allylic oxidation sites excluding steroid dienone is 1. The standard InChI is InChI=1S/C11H10O/c1-7-4-3-5-9-10(7)6-8(2)11(9)12/h3-6H,1-2H3. The van der Waals surface area contributed by atoms with E-state index >= 15 is 0 Å². The highest BCUT2D eigenvalue weighted by atomic mass is 16.1. The molecule has 60 valence electrons. The number of carbonyl (C=O) groups excluding carboxylic acids is 1. The predicted octanol–water partition coefficient (Wildman–Crippen LogP) is 2.59. The Balaban J connectivity index is 2.72. The van der Waals surface area contributed by atoms with Crippen LogP contribution in [0.3, 0.4) is 0 Å². The first kappa shape index (κ1) is 7.29. The molecule has 12 heavy (non-hydrogen) atoms. The van der Waals surface area contributed by atoms with Gasteiger partial charge in [0.1, 0.15) is 0 Å². The highest BCUT2D eigenvalue weighted by Gasteiger charge is 2.19. The first-order valence-corrected chi connectivity index (χ1v) is 4.03. The van der Waals surface area contributed by atoms with Crippen LogP contribution < -0.4 is 0 Å². The van der Waals surface area contributed by atoms with Gasteiger partial charge >= 0.3 is 0 Å². The van der Waals surface area contributed by atoms with Gasteiger partial charge < -0.3 is 0 Å². The molecule has 1 aromatic rings. The molecule has 1 nitrogen and oxygen atoms in total. The molecule has 0 atom stereocenters. The molecular formula is C11H10O. The van der Waals surface area contributed by atoms with Crippen LogP contribution in [-0.4, -0.2) is 5.78 Å². The average molecular weight is 158 g/mol. The summed E-state index contributed by atoms with van der Waals surface area (Å²) in [4.78, 5) is 11.5. The Labute approximate surface area is 71.7 Å². The van der Waals surface area contributed by atoms with Crippen molar-refractivity contribution in [2.45, 2.75) is 13.8 Å². The summed E-state index contributed by atoms with van der Waals surface area (Å²) in [6.07, 6.45) is 1.97. The summed E-state index contributed by atoms with van der Waals surface area (Å²) < 4.78 is 0. The number of carbonyl (C=O) groups is 1. The summed E-state index contributed by atoms with van der Waals surface area (Å²) in [5.74, 6) is 0.175. The van der Waals surface area contributed by atoms with E-state index in [2.05, 4.69) is 0 Å². The Bertz CT molecular complexity index is 386. The van der Waals surface area contributed by atoms with Crippen LogP contribution in [0.5, 0.6) is 0 Å². The van der Waals surface area contributed by atoms with Gasteiger partial charge in [-0.1, -0.05) is 18.2 Å². The zero-order valence-electron chi connectivity index (χ0n) is 7.22. The van der Waals surface area contributed by atoms with Crippen LogP contribution in [0.2, 0.25) is 0 Å². The second kappa shape index (κ2) is 2.31. The molecule has 0 amide bonds. The summed E-state index contributed by atoms with van der Waals surface area (Å²) in [6, 6.07) is 5.84. The number of hydrogen-bond donors (Lipinski definition) is 0. The van der Waals surface area contributed by atoms with Crippen molar-refractivity contribution in [3.05, 3.63) is 40.5 Å². The Hall–Kier alpha value is -1.37. The fourth-order valence-corrected chi connectivity index (χ4v) is 1.56. The number of benzene rings is 1. The SMILES string of the molecule is CC1=Cc2c(C)cccc2C1=O. The van der Waals surface area contributed by atoms with E-state index in [0.29, 0.717) is 0 Å². The monoisotopic (exact) mass is 158 g/mol. The second-order valence-electron chi connectivity index (χ2n) is 3.19. The van der Waals surface area contributed by atoms with Crippen LogP contribution in [0.15, 0.2) is 23.8 Å². The fourth-order valence-electron chi connectivity index (χ4n) is 1.56. The molecule has 1 aliphatic rings. The Morgan fingerprint density at radius 1 is 1.17 bits per heavy atom. The summed E-state index contributed by atoms with van der Waals surface area (Å²) in [7, 11) is 0. The lowest BCUT2D eigenvalue weighted by Crippen LogP contribution is -1.95. The first-order valence-electron chi connectivity index (χ1n) is 4.03. The van der Waals surface area contributed by atoms with Crippen LogP contribution in [0.4, 0.5) is 0 Å². The highest BCUT2D eigenvalue weighted by molar-refractivity contribution is 6.17. The molecule has 1 aromatic carbocycles. The van der Waals surface area contributed by atoms with E-state index in [9.17, 15) is 4.79 Å². The van der Waals surface area contributed by atoms with Gasteiger partial charge in [0.2, 0.25) is 0 Å². The van der Waals surface area contributed by atoms with Crippen molar-refractivity contribution in [2.75, 3.05) is 0 Å². The van der Waals surface area contributed by atoms with Gasteiger partial charge in [0.05, 0.1) is 0 Å². The van der Waals surface area contributed by atoms with Crippen molar-refractivity contribution in [1.29, 1.82) is 0 Å². The third-order valence-electron chi connectivity index (χ3n) is 2.29. The highest BCUT2D eigenvalue weighted by Crippen LogP contribution is 2.26. The predicted molar refractivity (Wildman–Crippen MR) is 49.2 cm³/mol. The van der Waals surface area contributed by atoms with Gasteiger partial charge in [-0.25, -0.2) is 0 Å². The number of rotatable bonds is 0. The maximum atomic E-state index is 11.5. The van der Waals surface area contributed by atoms with E-state index in [-0.39, 0.29) is 5.78 Å². The molecule has 0 N–H and O–H groups in total. The number of Topliss-reactive ketones (excluding diaryl/α,β-unsaturated/α-hetero) is 1. The topological polar surface area (TPSA) is 17.1 Å². The smallest absolute Gasteiger partial charge is 0.189 e. The Morgan fingerprint density at radius 3 is 2.58 bits per heavy atom. The molecule has 0 unspecified atom stereocenters. The van der Waals surface area contributed by atoms with E-state index in [4.69, 9.17) is 0 Å². The fraction of sp³-hybridized carbons (Fsp3) is 0.182. The molecule has 0 radical (unpaired) electrons. The van der Waals surface area contributed by atoms with Crippen molar-refractivity contribution >= 4 is 11.9 Å². The Kier molecular flexibility index (Phi) is 1.40. The van der Waals surface area contributed by atoms with Crippen LogP contribution in [0.1, 0.15) is 28.4 Å². The number of fused-ring (bicyclic) bond motifs is 1. The van der Waals surface area contributed by atoms with Crippen LogP contribution in [0, 0.1) is 6.92 Å². The minimum atomic E-state index is 0.175. The van der Waals surface area contributed by atoms with Crippen LogP contribution in [0.25, 0.3) is 6.08 Å². The maximum absolute atomic E-state index is 11.5. The normalized spacial score (nSPS) is 14.5. The van der Waals surface area contributed by atoms with E-state index < -0.39 is 0 Å². The van der Waals surface area contributed by atoms with Crippen LogP contribution >= 0.6 is 0 Å². The number of aryl methyl sites for hydroxylation is 1. The lowest BCUT2D eigenvalue weighted by atomic mass is 10.0. The third-order valence-corrected chi connectivity index (χ3v) is 2.29. The molecule has 2 rings (SSSR count). The lowest BCUT2D eigenvalue weighted by molar-refractivity contribution is 0.103. The van der Waals surface area contributed by atoms with Crippen molar-refractivity contribution in [3.8, 4) is 0 Å². The quantitative estimate of drug-likeness (QED) is 0.567. The van der Waals surface area contributed by atoms with Gasteiger partial charge in [0.25, 0.3) is 0 Å². The maximum Gasteiger partial charge on any atom is 0.189 e. The molecule has 0 heterocycles. The summed E-state index contributed by atoms with van der Waals surface area (Å²) in [5.41, 5.74) is 3.98. The molecule has 0 fully saturated rings. The zero-order valence-corrected chi connectivity index (χ0v) is 7.22. The van der Waals surface area contributed by atoms with Gasteiger partial charge in [-0.15, -0.1) is 0 Å². The lowest BCUT2D eigenvalue weighted by Gasteiger charge is -1.99. The van der Waals surface area contributed by atoms with Crippen LogP contribution in [-0.2, 0) is 0 Å². The van der Waals surface area contributed by atoms with Gasteiger partial charge in [-0.3, -0.25) is 4.79 Å². The Morgan fingerprint density at radius 2 is 1.92 bits per heavy atom. The van der Waals surface area contributed by atoms with E-state index in [1.807, 2.05) is 38.1 Å². The van der Waals surface area contributed by atoms with E-state index in [1.54, 1.807) is 0 Å². The van der Waals surface area contributed by atoms with E-state index in [1.165, 1.54) is 5.56 Å². The molecule has 0 spiro atoms. The van der Waals surface area contributed by atoms with Crippen molar-refractivity contribution in [3.63, 3.8) is 0 Å².